The summed E-state index contributed by atoms with van der Waals surface area (Å²) in [5, 5.41) is 37.2. The second-order valence-electron chi connectivity index (χ2n) is 8.17. The Hall–Kier alpha value is -4.52. The van der Waals surface area contributed by atoms with Gasteiger partial charge in [-0.2, -0.15) is 18.6 Å². The second-order valence-corrected chi connectivity index (χ2v) is 10.5. The van der Waals surface area contributed by atoms with Crippen LogP contribution < -0.4 is 0 Å². The molecule has 38 heavy (non-hydrogen) atoms. The summed E-state index contributed by atoms with van der Waals surface area (Å²) in [7, 11) is -4.40. The maximum Gasteiger partial charge on any atom is 0.296 e. The van der Waals surface area contributed by atoms with Crippen molar-refractivity contribution in [2.75, 3.05) is 0 Å². The number of aromatic nitrogens is 1. The number of rotatable bonds is 6. The third-order valence-electron chi connectivity index (χ3n) is 5.46. The first-order valence-corrected chi connectivity index (χ1v) is 13.4. The minimum atomic E-state index is -4.40. The van der Waals surface area contributed by atoms with Crippen LogP contribution in [0, 0.1) is 6.92 Å². The molecule has 5 aromatic rings. The van der Waals surface area contributed by atoms with Gasteiger partial charge in [-0.1, -0.05) is 24.3 Å². The van der Waals surface area contributed by atoms with E-state index in [4.69, 9.17) is 0 Å². The number of hydrogen-bond donors (Lipinski definition) is 3. The van der Waals surface area contributed by atoms with Crippen molar-refractivity contribution >= 4 is 54.4 Å². The number of hydrogen-bond acceptors (Lipinski definition) is 10. The molecule has 190 valence electrons. The summed E-state index contributed by atoms with van der Waals surface area (Å²) in [5.41, 5.74) is 2.91. The Morgan fingerprint density at radius 2 is 1.37 bits per heavy atom. The maximum atomic E-state index is 11.9. The number of aryl methyl sites for hydroxylation is 1. The number of fused-ring (bicyclic) bond motifs is 1. The highest BCUT2D eigenvalue weighted by molar-refractivity contribution is 7.86. The van der Waals surface area contributed by atoms with Gasteiger partial charge in [-0.25, -0.2) is 4.98 Å². The molecule has 1 aromatic heterocycles. The molecule has 3 N–H and O–H groups in total. The van der Waals surface area contributed by atoms with Gasteiger partial charge in [-0.05, 0) is 55.0 Å². The van der Waals surface area contributed by atoms with Gasteiger partial charge in [0.1, 0.15) is 32.8 Å². The van der Waals surface area contributed by atoms with Crippen LogP contribution in [-0.4, -0.2) is 28.2 Å². The predicted octanol–water partition coefficient (Wildman–Crippen LogP) is 7.76. The zero-order valence-corrected chi connectivity index (χ0v) is 21.3. The molecular formula is C26H19N5O5S2. The minimum absolute atomic E-state index is 0.0909. The van der Waals surface area contributed by atoms with Gasteiger partial charge in [0.25, 0.3) is 10.1 Å². The zero-order valence-electron chi connectivity index (χ0n) is 19.7. The summed E-state index contributed by atoms with van der Waals surface area (Å²) in [4.78, 5) is 4.36. The molecule has 0 saturated heterocycles. The molecule has 0 aliphatic rings. The summed E-state index contributed by atoms with van der Waals surface area (Å²) in [6.07, 6.45) is 0. The van der Waals surface area contributed by atoms with E-state index in [0.29, 0.717) is 32.2 Å². The van der Waals surface area contributed by atoms with Gasteiger partial charge in [0.2, 0.25) is 0 Å². The standard InChI is InChI=1S/C26H19N5O5S2/c1-15-7-12-19-24(25(15)38(34,35)36)37-26(27-19)16-8-10-18(11-9-16)29-31-21-13-20(22(32)14-23(21)33)30-28-17-5-3-2-4-6-17/h2-14,32-33H,1H3,(H,34,35,36). The third kappa shape index (κ3) is 5.27. The molecule has 0 unspecified atom stereocenters. The lowest BCUT2D eigenvalue weighted by Gasteiger charge is -2.03. The number of aromatic hydroxyl groups is 2. The lowest BCUT2D eigenvalue weighted by atomic mass is 10.2. The van der Waals surface area contributed by atoms with E-state index in [9.17, 15) is 23.2 Å². The second kappa shape index (κ2) is 10.1. The summed E-state index contributed by atoms with van der Waals surface area (Å²) >= 11 is 1.16. The van der Waals surface area contributed by atoms with Gasteiger partial charge < -0.3 is 10.2 Å². The van der Waals surface area contributed by atoms with Crippen molar-refractivity contribution in [2.24, 2.45) is 20.5 Å². The highest BCUT2D eigenvalue weighted by Gasteiger charge is 2.20. The Morgan fingerprint density at radius 3 is 1.97 bits per heavy atom. The van der Waals surface area contributed by atoms with Crippen molar-refractivity contribution < 1.29 is 23.2 Å². The fourth-order valence-electron chi connectivity index (χ4n) is 3.61. The fraction of sp³-hybridized carbons (Fsp3) is 0.0385. The molecular weight excluding hydrogens is 526 g/mol. The van der Waals surface area contributed by atoms with Crippen LogP contribution in [0.25, 0.3) is 20.8 Å². The number of phenolic OH excluding ortho intramolecular Hbond substituents is 2. The first-order valence-electron chi connectivity index (χ1n) is 11.1. The van der Waals surface area contributed by atoms with E-state index in [1.54, 1.807) is 55.5 Å². The average molecular weight is 546 g/mol. The predicted molar refractivity (Wildman–Crippen MR) is 144 cm³/mol. The Bertz CT molecular complexity index is 1820. The molecule has 4 aromatic carbocycles. The normalized spacial score (nSPS) is 12.2. The Kier molecular flexibility index (Phi) is 6.68. The Balaban J connectivity index is 1.40. The molecule has 0 aliphatic carbocycles. The molecule has 5 rings (SSSR count). The van der Waals surface area contributed by atoms with Gasteiger partial charge >= 0.3 is 0 Å². The monoisotopic (exact) mass is 545 g/mol. The first kappa shape index (κ1) is 25.1. The van der Waals surface area contributed by atoms with E-state index in [0.717, 1.165) is 23.0 Å². The summed E-state index contributed by atoms with van der Waals surface area (Å²) < 4.78 is 33.8. The van der Waals surface area contributed by atoms with Crippen LogP contribution >= 0.6 is 11.3 Å². The summed E-state index contributed by atoms with van der Waals surface area (Å²) in [6, 6.07) is 21.7. The smallest absolute Gasteiger partial charge is 0.296 e. The van der Waals surface area contributed by atoms with Crippen LogP contribution in [0.4, 0.5) is 22.7 Å². The fourth-order valence-corrected chi connectivity index (χ4v) is 5.93. The lowest BCUT2D eigenvalue weighted by molar-refractivity contribution is 0.452. The van der Waals surface area contributed by atoms with E-state index >= 15 is 0 Å². The molecule has 0 saturated carbocycles. The molecule has 1 heterocycles. The number of azo groups is 2. The third-order valence-corrected chi connectivity index (χ3v) is 7.76. The number of phenols is 2. The van der Waals surface area contributed by atoms with Crippen LogP contribution in [0.15, 0.2) is 104 Å². The SMILES string of the molecule is Cc1ccc2nc(-c3ccc(N=Nc4cc(N=Nc5ccccc5)c(O)cc4O)cc3)sc2c1S(=O)(=O)O. The van der Waals surface area contributed by atoms with Crippen molar-refractivity contribution in [1.29, 1.82) is 0 Å². The van der Waals surface area contributed by atoms with Gasteiger partial charge in [0, 0.05) is 17.7 Å². The lowest BCUT2D eigenvalue weighted by Crippen LogP contribution is -2.00. The van der Waals surface area contributed by atoms with Crippen molar-refractivity contribution in [1.82, 2.24) is 4.98 Å². The number of nitrogens with zero attached hydrogens (tertiary/aromatic N) is 5. The largest absolute Gasteiger partial charge is 0.505 e. The van der Waals surface area contributed by atoms with E-state index in [1.165, 1.54) is 6.07 Å². The van der Waals surface area contributed by atoms with E-state index in [2.05, 4.69) is 25.4 Å². The molecule has 10 nitrogen and oxygen atoms in total. The van der Waals surface area contributed by atoms with Crippen LogP contribution in [-0.2, 0) is 10.1 Å². The van der Waals surface area contributed by atoms with Crippen molar-refractivity contribution in [3.8, 4) is 22.1 Å². The number of thiazole rings is 1. The highest BCUT2D eigenvalue weighted by Crippen LogP contribution is 2.40. The molecule has 0 atom stereocenters. The first-order chi connectivity index (χ1) is 18.2. The maximum absolute atomic E-state index is 11.9. The van der Waals surface area contributed by atoms with Crippen LogP contribution in [0.3, 0.4) is 0 Å². The van der Waals surface area contributed by atoms with Crippen LogP contribution in [0.5, 0.6) is 11.5 Å². The van der Waals surface area contributed by atoms with Crippen LogP contribution in [0.2, 0.25) is 0 Å². The van der Waals surface area contributed by atoms with Crippen molar-refractivity contribution in [2.45, 2.75) is 11.8 Å². The van der Waals surface area contributed by atoms with Crippen molar-refractivity contribution in [3.63, 3.8) is 0 Å². The molecule has 0 radical (unpaired) electrons. The van der Waals surface area contributed by atoms with Gasteiger partial charge in [0.05, 0.1) is 21.6 Å². The average Bonchev–Trinajstić information content (AvgIpc) is 3.31. The van der Waals surface area contributed by atoms with Gasteiger partial charge in [0.15, 0.2) is 0 Å². The van der Waals surface area contributed by atoms with Gasteiger partial charge in [-0.15, -0.1) is 21.6 Å². The Labute approximate surface area is 221 Å². The molecule has 0 spiro atoms. The summed E-state index contributed by atoms with van der Waals surface area (Å²) in [5.74, 6) is -0.533. The van der Waals surface area contributed by atoms with E-state index in [-0.39, 0.29) is 27.8 Å². The molecule has 0 aliphatic heterocycles. The topological polar surface area (TPSA) is 157 Å². The zero-order chi connectivity index (χ0) is 26.9. The van der Waals surface area contributed by atoms with E-state index in [1.807, 2.05) is 18.2 Å². The van der Waals surface area contributed by atoms with E-state index < -0.39 is 10.1 Å². The van der Waals surface area contributed by atoms with Crippen LogP contribution in [0.1, 0.15) is 5.56 Å². The number of benzene rings is 4. The quantitative estimate of drug-likeness (QED) is 0.146. The molecule has 0 amide bonds. The van der Waals surface area contributed by atoms with Gasteiger partial charge in [-0.3, -0.25) is 4.55 Å². The molecule has 0 bridgehead atoms. The van der Waals surface area contributed by atoms with Crippen molar-refractivity contribution in [3.05, 3.63) is 84.4 Å². The highest BCUT2D eigenvalue weighted by atomic mass is 32.2. The summed E-state index contributed by atoms with van der Waals surface area (Å²) in [6.45, 7) is 1.61. The minimum Gasteiger partial charge on any atom is -0.505 e. The Morgan fingerprint density at radius 1 is 0.763 bits per heavy atom. The molecule has 12 heteroatoms. The molecule has 0 fully saturated rings.